The van der Waals surface area contributed by atoms with Gasteiger partial charge in [-0.3, -0.25) is 4.98 Å². The Morgan fingerprint density at radius 3 is 2.91 bits per heavy atom. The van der Waals surface area contributed by atoms with Crippen molar-refractivity contribution in [1.82, 2.24) is 4.98 Å². The van der Waals surface area contributed by atoms with E-state index in [1.807, 2.05) is 19.2 Å². The molecule has 0 bridgehead atoms. The Kier molecular flexibility index (Phi) is 2.42. The lowest BCUT2D eigenvalue weighted by molar-refractivity contribution is 1.11. The van der Waals surface area contributed by atoms with Gasteiger partial charge in [-0.1, -0.05) is 13.5 Å². The second kappa shape index (κ2) is 3.33. The van der Waals surface area contributed by atoms with Crippen LogP contribution in [0.5, 0.6) is 0 Å². The van der Waals surface area contributed by atoms with Gasteiger partial charge in [0.15, 0.2) is 0 Å². The Hall–Kier alpha value is -1.11. The van der Waals surface area contributed by atoms with E-state index in [0.717, 1.165) is 17.7 Å². The third kappa shape index (κ3) is 1.90. The second-order valence-electron chi connectivity index (χ2n) is 2.68. The Labute approximate surface area is 67.8 Å². The maximum atomic E-state index is 4.19. The zero-order valence-corrected chi connectivity index (χ0v) is 7.09. The lowest BCUT2D eigenvalue weighted by atomic mass is 10.1. The van der Waals surface area contributed by atoms with E-state index >= 15 is 0 Å². The summed E-state index contributed by atoms with van der Waals surface area (Å²) in [6, 6.07) is 4.12. The quantitative estimate of drug-likeness (QED) is 0.626. The largest absolute Gasteiger partial charge is 0.257 e. The van der Waals surface area contributed by atoms with Gasteiger partial charge in [0.1, 0.15) is 0 Å². The first-order valence-corrected chi connectivity index (χ1v) is 3.85. The van der Waals surface area contributed by atoms with Crippen LogP contribution in [-0.2, 0) is 6.42 Å². The molecule has 0 aliphatic carbocycles. The first kappa shape index (κ1) is 7.99. The third-order valence-corrected chi connectivity index (χ3v) is 1.67. The predicted molar refractivity (Wildman–Crippen MR) is 48.3 cm³/mol. The summed E-state index contributed by atoms with van der Waals surface area (Å²) in [5, 5.41) is 0. The summed E-state index contributed by atoms with van der Waals surface area (Å²) in [6.45, 7) is 7.95. The van der Waals surface area contributed by atoms with Crippen LogP contribution in [-0.4, -0.2) is 4.98 Å². The molecule has 11 heavy (non-hydrogen) atoms. The fourth-order valence-corrected chi connectivity index (χ4v) is 0.928. The number of hydrogen-bond donors (Lipinski definition) is 0. The Bertz CT molecular complexity index is 263. The fraction of sp³-hybridized carbons (Fsp3) is 0.300. The van der Waals surface area contributed by atoms with E-state index in [0.29, 0.717) is 0 Å². The number of pyridine rings is 1. The molecule has 0 N–H and O–H groups in total. The van der Waals surface area contributed by atoms with Crippen LogP contribution < -0.4 is 0 Å². The highest BCUT2D eigenvalue weighted by molar-refractivity contribution is 5.57. The Balaban J connectivity index is 3.01. The van der Waals surface area contributed by atoms with Crippen LogP contribution in [0.3, 0.4) is 0 Å². The number of nitrogens with zero attached hydrogens (tertiary/aromatic N) is 1. The van der Waals surface area contributed by atoms with E-state index in [4.69, 9.17) is 0 Å². The van der Waals surface area contributed by atoms with Gasteiger partial charge in [0.2, 0.25) is 0 Å². The highest BCUT2D eigenvalue weighted by Gasteiger charge is 1.94. The molecule has 0 saturated heterocycles. The summed E-state index contributed by atoms with van der Waals surface area (Å²) in [4.78, 5) is 4.19. The molecule has 0 saturated carbocycles. The van der Waals surface area contributed by atoms with Gasteiger partial charge in [-0.05, 0) is 36.6 Å². The number of rotatable bonds is 2. The van der Waals surface area contributed by atoms with E-state index in [1.165, 1.54) is 5.56 Å². The minimum atomic E-state index is 1.00. The van der Waals surface area contributed by atoms with Crippen molar-refractivity contribution < 1.29 is 0 Å². The summed E-state index contributed by atoms with van der Waals surface area (Å²) >= 11 is 0. The number of hydrogen-bond acceptors (Lipinski definition) is 1. The van der Waals surface area contributed by atoms with Gasteiger partial charge in [-0.25, -0.2) is 0 Å². The van der Waals surface area contributed by atoms with Crippen LogP contribution in [0.4, 0.5) is 0 Å². The van der Waals surface area contributed by atoms with Crippen LogP contribution in [0.15, 0.2) is 24.9 Å². The minimum absolute atomic E-state index is 1.00. The highest BCUT2D eigenvalue weighted by atomic mass is 14.7. The summed E-state index contributed by atoms with van der Waals surface area (Å²) in [5.41, 5.74) is 3.35. The normalized spacial score (nSPS) is 9.64. The summed E-state index contributed by atoms with van der Waals surface area (Å²) < 4.78 is 0. The molecule has 58 valence electrons. The minimum Gasteiger partial charge on any atom is -0.257 e. The number of aryl methyl sites for hydroxylation is 1. The van der Waals surface area contributed by atoms with Crippen molar-refractivity contribution in [2.45, 2.75) is 20.3 Å². The molecule has 0 aliphatic rings. The molecule has 0 amide bonds. The lowest BCUT2D eigenvalue weighted by Crippen LogP contribution is -1.87. The molecule has 1 heterocycles. The van der Waals surface area contributed by atoms with Gasteiger partial charge in [-0.15, -0.1) is 0 Å². The molecule has 0 atom stereocenters. The fourth-order valence-electron chi connectivity index (χ4n) is 0.928. The molecule has 0 fully saturated rings. The van der Waals surface area contributed by atoms with Crippen molar-refractivity contribution in [1.29, 1.82) is 0 Å². The molecule has 0 aliphatic heterocycles. The second-order valence-corrected chi connectivity index (χ2v) is 2.68. The number of aromatic nitrogens is 1. The van der Waals surface area contributed by atoms with Gasteiger partial charge >= 0.3 is 0 Å². The predicted octanol–water partition coefficient (Wildman–Crippen LogP) is 2.68. The van der Waals surface area contributed by atoms with E-state index in [1.54, 1.807) is 0 Å². The van der Waals surface area contributed by atoms with Crippen LogP contribution in [0, 0.1) is 0 Å². The molecule has 1 rings (SSSR count). The smallest absolute Gasteiger partial charge is 0.0655 e. The van der Waals surface area contributed by atoms with Crippen LogP contribution in [0.1, 0.15) is 25.1 Å². The Morgan fingerprint density at radius 1 is 1.64 bits per heavy atom. The Morgan fingerprint density at radius 2 is 2.36 bits per heavy atom. The summed E-state index contributed by atoms with van der Waals surface area (Å²) in [6.07, 6.45) is 2.89. The standard InChI is InChI=1S/C10H13N/c1-4-9-5-6-11-10(7-9)8(2)3/h5-7H,2,4H2,1,3H3. The average molecular weight is 147 g/mol. The summed E-state index contributed by atoms with van der Waals surface area (Å²) in [5.74, 6) is 0. The highest BCUT2D eigenvalue weighted by Crippen LogP contribution is 2.09. The average Bonchev–Trinajstić information content (AvgIpc) is 2.05. The summed E-state index contributed by atoms with van der Waals surface area (Å²) in [7, 11) is 0. The molecular weight excluding hydrogens is 134 g/mol. The van der Waals surface area contributed by atoms with Crippen LogP contribution in [0.2, 0.25) is 0 Å². The molecule has 0 aromatic carbocycles. The molecule has 0 spiro atoms. The molecule has 0 radical (unpaired) electrons. The van der Waals surface area contributed by atoms with Crippen LogP contribution >= 0.6 is 0 Å². The first-order valence-electron chi connectivity index (χ1n) is 3.85. The molecule has 1 nitrogen and oxygen atoms in total. The molecule has 1 heteroatoms. The van der Waals surface area contributed by atoms with E-state index in [9.17, 15) is 0 Å². The lowest BCUT2D eigenvalue weighted by Gasteiger charge is -2.00. The monoisotopic (exact) mass is 147 g/mol. The SMILES string of the molecule is C=C(C)c1cc(CC)ccn1. The maximum Gasteiger partial charge on any atom is 0.0655 e. The molecular formula is C10H13N. The van der Waals surface area contributed by atoms with Crippen molar-refractivity contribution in [2.75, 3.05) is 0 Å². The number of allylic oxidation sites excluding steroid dienone is 1. The first-order chi connectivity index (χ1) is 5.24. The molecule has 0 unspecified atom stereocenters. The van der Waals surface area contributed by atoms with Gasteiger partial charge in [0.25, 0.3) is 0 Å². The van der Waals surface area contributed by atoms with Crippen molar-refractivity contribution in [3.8, 4) is 0 Å². The van der Waals surface area contributed by atoms with Gasteiger partial charge in [-0.2, -0.15) is 0 Å². The topological polar surface area (TPSA) is 12.9 Å². The van der Waals surface area contributed by atoms with E-state index in [2.05, 4.69) is 24.6 Å². The van der Waals surface area contributed by atoms with Gasteiger partial charge < -0.3 is 0 Å². The van der Waals surface area contributed by atoms with Crippen molar-refractivity contribution in [3.63, 3.8) is 0 Å². The zero-order valence-electron chi connectivity index (χ0n) is 7.09. The van der Waals surface area contributed by atoms with Crippen LogP contribution in [0.25, 0.3) is 5.57 Å². The third-order valence-electron chi connectivity index (χ3n) is 1.67. The maximum absolute atomic E-state index is 4.19. The van der Waals surface area contributed by atoms with Crippen molar-refractivity contribution in [3.05, 3.63) is 36.2 Å². The van der Waals surface area contributed by atoms with Crippen molar-refractivity contribution >= 4 is 5.57 Å². The molecule has 1 aromatic rings. The van der Waals surface area contributed by atoms with Gasteiger partial charge in [0, 0.05) is 6.20 Å². The zero-order chi connectivity index (χ0) is 8.27. The van der Waals surface area contributed by atoms with E-state index < -0.39 is 0 Å². The van der Waals surface area contributed by atoms with Crippen molar-refractivity contribution in [2.24, 2.45) is 0 Å². The van der Waals surface area contributed by atoms with Gasteiger partial charge in [0.05, 0.1) is 5.69 Å². The van der Waals surface area contributed by atoms with E-state index in [-0.39, 0.29) is 0 Å². The molecule has 1 aromatic heterocycles.